The summed E-state index contributed by atoms with van der Waals surface area (Å²) in [4.78, 5) is 3.77. The quantitative estimate of drug-likeness (QED) is 0.492. The van der Waals surface area contributed by atoms with Crippen LogP contribution in [0.3, 0.4) is 0 Å². The molecular formula is C20H14F3N3O2S. The van der Waals surface area contributed by atoms with Crippen molar-refractivity contribution >= 4 is 20.6 Å². The van der Waals surface area contributed by atoms with Crippen molar-refractivity contribution in [3.05, 3.63) is 72.6 Å². The zero-order chi connectivity index (χ0) is 20.8. The Morgan fingerprint density at radius 2 is 1.55 bits per heavy atom. The summed E-state index contributed by atoms with van der Waals surface area (Å²) in [6.45, 7) is 0. The van der Waals surface area contributed by atoms with Gasteiger partial charge in [-0.3, -0.25) is 0 Å². The van der Waals surface area contributed by atoms with Crippen LogP contribution in [0.1, 0.15) is 5.82 Å². The first-order valence-corrected chi connectivity index (χ1v) is 10.4. The third-order valence-electron chi connectivity index (χ3n) is 4.38. The molecule has 0 spiro atoms. The Balaban J connectivity index is 1.90. The summed E-state index contributed by atoms with van der Waals surface area (Å²) in [7, 11) is -3.43. The molecule has 0 saturated carbocycles. The minimum absolute atomic E-state index is 0.00943. The average Bonchev–Trinajstić information content (AvgIpc) is 3.13. The van der Waals surface area contributed by atoms with E-state index in [1.165, 1.54) is 24.3 Å². The highest BCUT2D eigenvalue weighted by atomic mass is 32.2. The number of hydrogen-bond donors (Lipinski definition) is 0. The van der Waals surface area contributed by atoms with E-state index in [9.17, 15) is 21.6 Å². The molecule has 0 saturated heterocycles. The summed E-state index contributed by atoms with van der Waals surface area (Å²) in [6, 6.07) is 18.1. The molecule has 0 aliphatic rings. The molecule has 148 valence electrons. The second-order valence-corrected chi connectivity index (χ2v) is 8.51. The fraction of sp³-hybridized carbons (Fsp3) is 0.100. The minimum atomic E-state index is -4.72. The van der Waals surface area contributed by atoms with Crippen LogP contribution < -0.4 is 0 Å². The van der Waals surface area contributed by atoms with Gasteiger partial charge in [-0.05, 0) is 41.1 Å². The highest BCUT2D eigenvalue weighted by molar-refractivity contribution is 7.90. The molecule has 9 heteroatoms. The summed E-state index contributed by atoms with van der Waals surface area (Å²) >= 11 is 0. The molecule has 0 aliphatic heterocycles. The van der Waals surface area contributed by atoms with Gasteiger partial charge in [0, 0.05) is 11.8 Å². The Morgan fingerprint density at radius 3 is 2.17 bits per heavy atom. The molecule has 0 bridgehead atoms. The van der Waals surface area contributed by atoms with Gasteiger partial charge < -0.3 is 0 Å². The lowest BCUT2D eigenvalue weighted by atomic mass is 10.1. The van der Waals surface area contributed by atoms with Crippen molar-refractivity contribution in [1.29, 1.82) is 0 Å². The van der Waals surface area contributed by atoms with Crippen molar-refractivity contribution in [1.82, 2.24) is 14.8 Å². The van der Waals surface area contributed by atoms with Gasteiger partial charge in [0.25, 0.3) is 5.82 Å². The number of hydrogen-bond acceptors (Lipinski definition) is 4. The summed E-state index contributed by atoms with van der Waals surface area (Å²) in [5.41, 5.74) is 0.724. The number of nitrogens with zero attached hydrogens (tertiary/aromatic N) is 3. The SMILES string of the molecule is CS(=O)(=O)c1ccc(-n2nc(C(F)(F)F)nc2-c2ccc3ccccc3c2)cc1. The van der Waals surface area contributed by atoms with Crippen molar-refractivity contribution in [2.45, 2.75) is 11.1 Å². The van der Waals surface area contributed by atoms with Crippen molar-refractivity contribution in [2.75, 3.05) is 6.26 Å². The van der Waals surface area contributed by atoms with Crippen LogP contribution in [-0.2, 0) is 16.0 Å². The Morgan fingerprint density at radius 1 is 0.897 bits per heavy atom. The van der Waals surface area contributed by atoms with Crippen LogP contribution >= 0.6 is 0 Å². The smallest absolute Gasteiger partial charge is 0.224 e. The Labute approximate surface area is 164 Å². The Hall–Kier alpha value is -3.20. The van der Waals surface area contributed by atoms with E-state index in [1.807, 2.05) is 24.3 Å². The first kappa shape index (κ1) is 19.1. The number of fused-ring (bicyclic) bond motifs is 1. The van der Waals surface area contributed by atoms with Gasteiger partial charge in [-0.1, -0.05) is 36.4 Å². The molecule has 0 atom stereocenters. The van der Waals surface area contributed by atoms with E-state index >= 15 is 0 Å². The zero-order valence-electron chi connectivity index (χ0n) is 15.1. The molecule has 0 unspecified atom stereocenters. The molecule has 0 aliphatic carbocycles. The van der Waals surface area contributed by atoms with Crippen LogP contribution in [0, 0.1) is 0 Å². The summed E-state index contributed by atoms with van der Waals surface area (Å²) in [5, 5.41) is 5.42. The molecule has 3 aromatic carbocycles. The number of alkyl halides is 3. The van der Waals surface area contributed by atoms with E-state index in [4.69, 9.17) is 0 Å². The van der Waals surface area contributed by atoms with E-state index in [1.54, 1.807) is 18.2 Å². The summed E-state index contributed by atoms with van der Waals surface area (Å²) < 4.78 is 64.2. The van der Waals surface area contributed by atoms with Crippen molar-refractivity contribution in [3.8, 4) is 17.1 Å². The number of halogens is 3. The monoisotopic (exact) mass is 417 g/mol. The fourth-order valence-corrected chi connectivity index (χ4v) is 3.59. The number of aromatic nitrogens is 3. The summed E-state index contributed by atoms with van der Waals surface area (Å²) in [6.07, 6.45) is -3.66. The third kappa shape index (κ3) is 3.73. The molecule has 5 nitrogen and oxygen atoms in total. The zero-order valence-corrected chi connectivity index (χ0v) is 15.9. The van der Waals surface area contributed by atoms with Gasteiger partial charge in [0.15, 0.2) is 15.7 Å². The predicted octanol–water partition coefficient (Wildman–Crippen LogP) is 4.51. The lowest BCUT2D eigenvalue weighted by Gasteiger charge is -2.08. The van der Waals surface area contributed by atoms with Gasteiger partial charge in [-0.15, -0.1) is 5.10 Å². The topological polar surface area (TPSA) is 64.8 Å². The molecule has 0 amide bonds. The second-order valence-electron chi connectivity index (χ2n) is 6.50. The normalized spacial score (nSPS) is 12.4. The molecule has 4 aromatic rings. The van der Waals surface area contributed by atoms with E-state index in [0.29, 0.717) is 5.56 Å². The maximum Gasteiger partial charge on any atom is 0.453 e. The highest BCUT2D eigenvalue weighted by Crippen LogP contribution is 2.31. The minimum Gasteiger partial charge on any atom is -0.224 e. The molecule has 0 N–H and O–H groups in total. The van der Waals surface area contributed by atoms with Crippen LogP contribution in [-0.4, -0.2) is 29.4 Å². The molecule has 1 aromatic heterocycles. The van der Waals surface area contributed by atoms with Crippen LogP contribution in [0.15, 0.2) is 71.6 Å². The molecule has 0 radical (unpaired) electrons. The van der Waals surface area contributed by atoms with Gasteiger partial charge in [0.2, 0.25) is 0 Å². The van der Waals surface area contributed by atoms with Gasteiger partial charge in [0.1, 0.15) is 0 Å². The van der Waals surface area contributed by atoms with Gasteiger partial charge in [0.05, 0.1) is 10.6 Å². The van der Waals surface area contributed by atoms with E-state index in [0.717, 1.165) is 21.7 Å². The lowest BCUT2D eigenvalue weighted by molar-refractivity contribution is -0.144. The van der Waals surface area contributed by atoms with Crippen molar-refractivity contribution < 1.29 is 21.6 Å². The van der Waals surface area contributed by atoms with E-state index < -0.39 is 21.8 Å². The second kappa shape index (κ2) is 6.70. The largest absolute Gasteiger partial charge is 0.453 e. The van der Waals surface area contributed by atoms with Crippen LogP contribution in [0.2, 0.25) is 0 Å². The predicted molar refractivity (Wildman–Crippen MR) is 102 cm³/mol. The number of sulfone groups is 1. The first-order valence-electron chi connectivity index (χ1n) is 8.47. The van der Waals surface area contributed by atoms with Crippen LogP contribution in [0.25, 0.3) is 27.8 Å². The van der Waals surface area contributed by atoms with Gasteiger partial charge >= 0.3 is 6.18 Å². The standard InChI is InChI=1S/C20H14F3N3O2S/c1-29(27,28)17-10-8-16(9-11-17)26-18(24-19(25-26)20(21,22)23)15-7-6-13-4-2-3-5-14(13)12-15/h2-12H,1H3. The van der Waals surface area contributed by atoms with Crippen molar-refractivity contribution in [3.63, 3.8) is 0 Å². The Bertz CT molecular complexity index is 1310. The molecule has 1 heterocycles. The molecule has 4 rings (SSSR count). The fourth-order valence-electron chi connectivity index (χ4n) is 2.96. The van der Waals surface area contributed by atoms with Crippen LogP contribution in [0.5, 0.6) is 0 Å². The van der Waals surface area contributed by atoms with Gasteiger partial charge in [-0.2, -0.15) is 13.2 Å². The maximum atomic E-state index is 13.3. The van der Waals surface area contributed by atoms with Crippen LogP contribution in [0.4, 0.5) is 13.2 Å². The highest BCUT2D eigenvalue weighted by Gasteiger charge is 2.37. The molecular weight excluding hydrogens is 403 g/mol. The molecule has 29 heavy (non-hydrogen) atoms. The number of benzene rings is 3. The maximum absolute atomic E-state index is 13.3. The Kier molecular flexibility index (Phi) is 4.42. The molecule has 0 fully saturated rings. The van der Waals surface area contributed by atoms with Crippen molar-refractivity contribution in [2.24, 2.45) is 0 Å². The van der Waals surface area contributed by atoms with Gasteiger partial charge in [-0.25, -0.2) is 18.1 Å². The first-order chi connectivity index (χ1) is 13.6. The lowest BCUT2D eigenvalue weighted by Crippen LogP contribution is -2.08. The summed E-state index contributed by atoms with van der Waals surface area (Å²) in [5.74, 6) is -1.26. The average molecular weight is 417 g/mol. The third-order valence-corrected chi connectivity index (χ3v) is 5.51. The van der Waals surface area contributed by atoms with E-state index in [2.05, 4.69) is 10.1 Å². The number of rotatable bonds is 3. The van der Waals surface area contributed by atoms with E-state index in [-0.39, 0.29) is 16.4 Å².